The molecular formula is C20H20N4. The van der Waals surface area contributed by atoms with Crippen LogP contribution in [0.3, 0.4) is 0 Å². The van der Waals surface area contributed by atoms with Gasteiger partial charge >= 0.3 is 0 Å². The highest BCUT2D eigenvalue weighted by atomic mass is 15.1. The molecule has 3 rings (SSSR count). The molecule has 0 aromatic heterocycles. The predicted octanol–water partition coefficient (Wildman–Crippen LogP) is 4.60. The lowest BCUT2D eigenvalue weighted by atomic mass is 10.0. The van der Waals surface area contributed by atoms with Gasteiger partial charge < -0.3 is 4.90 Å². The maximum Gasteiger partial charge on any atom is 0.0525 e. The van der Waals surface area contributed by atoms with Gasteiger partial charge in [-0.25, -0.2) is 0 Å². The quantitative estimate of drug-likeness (QED) is 0.303. The minimum atomic E-state index is 0.905. The summed E-state index contributed by atoms with van der Waals surface area (Å²) in [5.74, 6) is 8.78. The number of azide groups is 1. The Labute approximate surface area is 143 Å². The molecule has 120 valence electrons. The normalized spacial score (nSPS) is 10.0. The Kier molecular flexibility index (Phi) is 8.12. The predicted molar refractivity (Wildman–Crippen MR) is 101 cm³/mol. The first-order valence-electron chi connectivity index (χ1n) is 7.38. The molecule has 0 saturated carbocycles. The van der Waals surface area contributed by atoms with Crippen LogP contribution in [0.25, 0.3) is 10.4 Å². The molecule has 0 spiro atoms. The van der Waals surface area contributed by atoms with E-state index in [0.29, 0.717) is 0 Å². The SMILES string of the molecule is C#CC.CN1Cc2ccccc2C#Cc2ccccc21.CN=[N+]=[N-]. The highest BCUT2D eigenvalue weighted by molar-refractivity contribution is 5.63. The summed E-state index contributed by atoms with van der Waals surface area (Å²) in [6, 6.07) is 16.6. The second-order valence-electron chi connectivity index (χ2n) is 4.86. The van der Waals surface area contributed by atoms with Gasteiger partial charge in [0.2, 0.25) is 0 Å². The van der Waals surface area contributed by atoms with E-state index in [9.17, 15) is 0 Å². The Bertz CT molecular complexity index is 815. The smallest absolute Gasteiger partial charge is 0.0525 e. The van der Waals surface area contributed by atoms with Crippen LogP contribution in [0.1, 0.15) is 23.6 Å². The second kappa shape index (κ2) is 10.4. The van der Waals surface area contributed by atoms with Crippen molar-refractivity contribution in [3.8, 4) is 24.2 Å². The number of nitrogens with zero attached hydrogens (tertiary/aromatic N) is 4. The van der Waals surface area contributed by atoms with Crippen LogP contribution in [-0.4, -0.2) is 14.1 Å². The topological polar surface area (TPSA) is 52.0 Å². The summed E-state index contributed by atoms with van der Waals surface area (Å²) in [6.45, 7) is 2.56. The molecule has 4 nitrogen and oxygen atoms in total. The Morgan fingerprint density at radius 1 is 1.12 bits per heavy atom. The lowest BCUT2D eigenvalue weighted by molar-refractivity contribution is 0.917. The van der Waals surface area contributed by atoms with Gasteiger partial charge in [0, 0.05) is 36.7 Å². The van der Waals surface area contributed by atoms with E-state index in [1.165, 1.54) is 18.3 Å². The molecule has 0 amide bonds. The third-order valence-electron chi connectivity index (χ3n) is 3.16. The van der Waals surface area contributed by atoms with Gasteiger partial charge in [0.1, 0.15) is 0 Å². The summed E-state index contributed by atoms with van der Waals surface area (Å²) in [7, 11) is 3.50. The van der Waals surface area contributed by atoms with E-state index in [2.05, 4.69) is 82.6 Å². The van der Waals surface area contributed by atoms with Crippen LogP contribution in [0.4, 0.5) is 5.69 Å². The number of hydrogen-bond donors (Lipinski definition) is 0. The van der Waals surface area contributed by atoms with Crippen molar-refractivity contribution in [2.45, 2.75) is 13.5 Å². The van der Waals surface area contributed by atoms with Crippen LogP contribution in [0.2, 0.25) is 0 Å². The third-order valence-corrected chi connectivity index (χ3v) is 3.16. The number of para-hydroxylation sites is 1. The van der Waals surface area contributed by atoms with Crippen LogP contribution in [-0.2, 0) is 6.54 Å². The fraction of sp³-hybridized carbons (Fsp3) is 0.200. The van der Waals surface area contributed by atoms with Crippen molar-refractivity contribution in [3.05, 3.63) is 75.7 Å². The van der Waals surface area contributed by atoms with E-state index < -0.39 is 0 Å². The largest absolute Gasteiger partial charge is 0.369 e. The summed E-state index contributed by atoms with van der Waals surface area (Å²) in [6.07, 6.45) is 4.60. The number of anilines is 1. The Balaban J connectivity index is 0.000000355. The maximum atomic E-state index is 7.33. The highest BCUT2D eigenvalue weighted by Gasteiger charge is 2.10. The lowest BCUT2D eigenvalue weighted by Gasteiger charge is -2.22. The third kappa shape index (κ3) is 5.46. The molecule has 0 aliphatic carbocycles. The molecule has 2 aromatic carbocycles. The van der Waals surface area contributed by atoms with Gasteiger partial charge in [0.05, 0.1) is 5.69 Å². The van der Waals surface area contributed by atoms with Gasteiger partial charge in [-0.05, 0) is 36.2 Å². The van der Waals surface area contributed by atoms with Crippen molar-refractivity contribution in [2.75, 3.05) is 19.0 Å². The maximum absolute atomic E-state index is 7.33. The molecular weight excluding hydrogens is 296 g/mol. The van der Waals surface area contributed by atoms with Crippen molar-refractivity contribution in [3.63, 3.8) is 0 Å². The van der Waals surface area contributed by atoms with Crippen molar-refractivity contribution in [1.82, 2.24) is 0 Å². The summed E-state index contributed by atoms with van der Waals surface area (Å²) in [5.41, 5.74) is 12.1. The zero-order valence-corrected chi connectivity index (χ0v) is 14.2. The average molecular weight is 316 g/mol. The molecule has 0 N–H and O–H groups in total. The van der Waals surface area contributed by atoms with Crippen LogP contribution >= 0.6 is 0 Å². The van der Waals surface area contributed by atoms with Crippen LogP contribution in [0, 0.1) is 24.2 Å². The summed E-state index contributed by atoms with van der Waals surface area (Å²) in [5, 5.41) is 2.92. The van der Waals surface area contributed by atoms with Gasteiger partial charge in [-0.15, -0.1) is 12.3 Å². The lowest BCUT2D eigenvalue weighted by Crippen LogP contribution is -2.19. The Morgan fingerprint density at radius 3 is 2.25 bits per heavy atom. The molecule has 0 fully saturated rings. The molecule has 1 heterocycles. The van der Waals surface area contributed by atoms with Crippen LogP contribution in [0.5, 0.6) is 0 Å². The van der Waals surface area contributed by atoms with Crippen LogP contribution in [0.15, 0.2) is 53.6 Å². The molecule has 0 radical (unpaired) electrons. The Morgan fingerprint density at radius 2 is 1.62 bits per heavy atom. The zero-order valence-electron chi connectivity index (χ0n) is 14.2. The first kappa shape index (κ1) is 18.7. The monoisotopic (exact) mass is 316 g/mol. The summed E-state index contributed by atoms with van der Waals surface area (Å²) >= 11 is 0. The van der Waals surface area contributed by atoms with Crippen molar-refractivity contribution in [2.24, 2.45) is 5.11 Å². The molecule has 1 aliphatic rings. The number of terminal acetylenes is 1. The standard InChI is InChI=1S/C16H13N.C3H4.CH3N3/c1-17-12-15-8-3-2-6-13(15)10-11-14-7-4-5-9-16(14)17;1-3-2;1-3-4-2/h2-9H,12H2,1H3;1H,2H3;1H3. The fourth-order valence-electron chi connectivity index (χ4n) is 2.17. The molecule has 1 aliphatic heterocycles. The Hall–Kier alpha value is -3.33. The van der Waals surface area contributed by atoms with Gasteiger partial charge in [-0.2, -0.15) is 0 Å². The van der Waals surface area contributed by atoms with Gasteiger partial charge in [-0.3, -0.25) is 0 Å². The molecule has 24 heavy (non-hydrogen) atoms. The summed E-state index contributed by atoms with van der Waals surface area (Å²) in [4.78, 5) is 4.61. The first-order chi connectivity index (χ1) is 11.7. The highest BCUT2D eigenvalue weighted by Crippen LogP contribution is 2.23. The molecule has 0 unspecified atom stereocenters. The second-order valence-corrected chi connectivity index (χ2v) is 4.86. The van der Waals surface area contributed by atoms with Crippen LogP contribution < -0.4 is 4.90 Å². The number of fused-ring (bicyclic) bond motifs is 2. The van der Waals surface area contributed by atoms with Gasteiger partial charge in [-0.1, -0.05) is 47.3 Å². The van der Waals surface area contributed by atoms with Gasteiger partial charge in [0.15, 0.2) is 0 Å². The molecule has 4 heteroatoms. The number of benzene rings is 2. The minimum absolute atomic E-state index is 0.905. The van der Waals surface area contributed by atoms with E-state index in [0.717, 1.165) is 17.7 Å². The first-order valence-corrected chi connectivity index (χ1v) is 7.38. The fourth-order valence-corrected chi connectivity index (χ4v) is 2.17. The van der Waals surface area contributed by atoms with Crippen molar-refractivity contribution < 1.29 is 0 Å². The van der Waals surface area contributed by atoms with E-state index in [-0.39, 0.29) is 0 Å². The van der Waals surface area contributed by atoms with Crippen molar-refractivity contribution >= 4 is 5.69 Å². The minimum Gasteiger partial charge on any atom is -0.369 e. The molecule has 0 atom stereocenters. The van der Waals surface area contributed by atoms with E-state index in [4.69, 9.17) is 5.53 Å². The molecule has 0 bridgehead atoms. The zero-order chi connectivity index (χ0) is 17.8. The molecule has 2 aromatic rings. The average Bonchev–Trinajstić information content (AvgIpc) is 2.61. The van der Waals surface area contributed by atoms with E-state index >= 15 is 0 Å². The number of hydrogen-bond acceptors (Lipinski definition) is 2. The van der Waals surface area contributed by atoms with Crippen molar-refractivity contribution in [1.29, 1.82) is 0 Å². The number of rotatable bonds is 0. The molecule has 0 saturated heterocycles. The van der Waals surface area contributed by atoms with Gasteiger partial charge in [0.25, 0.3) is 0 Å². The van der Waals surface area contributed by atoms with E-state index in [1.54, 1.807) is 6.92 Å². The van der Waals surface area contributed by atoms with E-state index in [1.807, 2.05) is 12.1 Å². The summed E-state index contributed by atoms with van der Waals surface area (Å²) < 4.78 is 0.